The minimum atomic E-state index is -0.911. The molecule has 2 rings (SSSR count). The van der Waals surface area contributed by atoms with Crippen molar-refractivity contribution in [3.63, 3.8) is 0 Å². The summed E-state index contributed by atoms with van der Waals surface area (Å²) in [6, 6.07) is 6.17. The van der Waals surface area contributed by atoms with Crippen LogP contribution in [0.15, 0.2) is 18.2 Å². The summed E-state index contributed by atoms with van der Waals surface area (Å²) < 4.78 is 6.51. The normalized spacial score (nSPS) is 15.3. The Balaban J connectivity index is 2.06. The van der Waals surface area contributed by atoms with Gasteiger partial charge in [0.25, 0.3) is 0 Å². The van der Waals surface area contributed by atoms with Gasteiger partial charge in [0.1, 0.15) is 5.75 Å². The van der Waals surface area contributed by atoms with Crippen molar-refractivity contribution in [3.05, 3.63) is 29.3 Å². The molecule has 0 aliphatic heterocycles. The van der Waals surface area contributed by atoms with Gasteiger partial charge in [0.2, 0.25) is 0 Å². The Hall–Kier alpha value is -1.38. The van der Waals surface area contributed by atoms with Gasteiger partial charge < -0.3 is 20.1 Å². The van der Waals surface area contributed by atoms with Gasteiger partial charge in [-0.25, -0.2) is 0 Å². The lowest BCUT2D eigenvalue weighted by molar-refractivity contribution is -0.136. The molecule has 2 unspecified atom stereocenters. The lowest BCUT2D eigenvalue weighted by atomic mass is 9.93. The number of aliphatic carboxylic acids is 2. The molecule has 6 nitrogen and oxygen atoms in total. The molecule has 0 amide bonds. The van der Waals surface area contributed by atoms with Crippen molar-refractivity contribution < 1.29 is 29.6 Å². The molecule has 1 aromatic rings. The Bertz CT molecular complexity index is 827. The summed E-state index contributed by atoms with van der Waals surface area (Å²) in [5, 5.41) is 29.0. The maximum Gasteiger partial charge on any atom is 0.313 e. The van der Waals surface area contributed by atoms with Crippen LogP contribution < -0.4 is 4.74 Å². The highest BCUT2D eigenvalue weighted by Crippen LogP contribution is 2.45. The van der Waals surface area contributed by atoms with Crippen molar-refractivity contribution in [2.75, 3.05) is 23.9 Å². The fourth-order valence-corrected chi connectivity index (χ4v) is 7.40. The number of carbonyl (C=O) groups is 2. The second-order valence-electron chi connectivity index (χ2n) is 10.7. The number of unbranched alkanes of at least 4 members (excludes halogenated alkanes) is 9. The van der Waals surface area contributed by atoms with Gasteiger partial charge in [-0.2, -0.15) is 11.8 Å². The molecule has 0 saturated heterocycles. The largest absolute Gasteiger partial charge is 0.493 e. The van der Waals surface area contributed by atoms with E-state index in [0.717, 1.165) is 37.0 Å². The van der Waals surface area contributed by atoms with Crippen molar-refractivity contribution in [1.82, 2.24) is 0 Å². The first-order valence-corrected chi connectivity index (χ1v) is 17.2. The van der Waals surface area contributed by atoms with Crippen LogP contribution in [0.5, 0.6) is 5.75 Å². The number of hydrogen-bond donors (Lipinski definition) is 3. The number of rotatable bonds is 23. The first-order chi connectivity index (χ1) is 18.9. The highest BCUT2D eigenvalue weighted by Gasteiger charge is 2.29. The third kappa shape index (κ3) is 13.7. The number of hydrogen-bond acceptors (Lipinski definition) is 6. The lowest BCUT2D eigenvalue weighted by Crippen LogP contribution is -2.22. The van der Waals surface area contributed by atoms with Crippen LogP contribution in [-0.2, 0) is 9.59 Å². The summed E-state index contributed by atoms with van der Waals surface area (Å²) in [5.41, 5.74) is 2.11. The molecule has 0 bridgehead atoms. The minimum Gasteiger partial charge on any atom is -0.493 e. The van der Waals surface area contributed by atoms with Crippen LogP contribution in [0.2, 0.25) is 0 Å². The highest BCUT2D eigenvalue weighted by molar-refractivity contribution is 8.00. The number of thioether (sulfide) groups is 2. The van der Waals surface area contributed by atoms with Gasteiger partial charge in [0, 0.05) is 17.1 Å². The standard InChI is InChI=1S/C31H50O6S2/c1-2-3-4-5-6-7-8-9-10-13-20-37-30-25(24-15-11-12-16-24)17-14-18-26(30)31(39-21-19-28(33)34)27(32)22-38-23-29(35)36/h14,17-18,24,27,31-32H,2-13,15-16,19-23H2,1H3,(H,33,34)(H,35,36). The third-order valence-electron chi connectivity index (χ3n) is 7.40. The Morgan fingerprint density at radius 2 is 1.59 bits per heavy atom. The number of aliphatic hydroxyl groups excluding tert-OH is 1. The first kappa shape index (κ1) is 33.8. The number of aliphatic hydroxyl groups is 1. The molecule has 0 heterocycles. The predicted molar refractivity (Wildman–Crippen MR) is 163 cm³/mol. The lowest BCUT2D eigenvalue weighted by Gasteiger charge is -2.27. The highest BCUT2D eigenvalue weighted by atomic mass is 32.2. The van der Waals surface area contributed by atoms with Gasteiger partial charge in [0.15, 0.2) is 0 Å². The molecule has 39 heavy (non-hydrogen) atoms. The Morgan fingerprint density at radius 1 is 0.949 bits per heavy atom. The monoisotopic (exact) mass is 582 g/mol. The zero-order valence-electron chi connectivity index (χ0n) is 23.8. The van der Waals surface area contributed by atoms with E-state index in [1.165, 1.54) is 93.3 Å². The van der Waals surface area contributed by atoms with Gasteiger partial charge in [-0.1, -0.05) is 95.8 Å². The molecule has 1 aliphatic rings. The molecule has 0 aromatic heterocycles. The molecule has 0 spiro atoms. The van der Waals surface area contributed by atoms with E-state index in [1.54, 1.807) is 0 Å². The fourth-order valence-electron chi connectivity index (χ4n) is 5.32. The molecule has 1 fully saturated rings. The Morgan fingerprint density at radius 3 is 2.21 bits per heavy atom. The quantitative estimate of drug-likeness (QED) is 0.111. The summed E-state index contributed by atoms with van der Waals surface area (Å²) in [7, 11) is 0. The van der Waals surface area contributed by atoms with Gasteiger partial charge in [-0.05, 0) is 30.7 Å². The fraction of sp³-hybridized carbons (Fsp3) is 0.742. The molecular weight excluding hydrogens is 532 g/mol. The van der Waals surface area contributed by atoms with Crippen molar-refractivity contribution in [2.24, 2.45) is 0 Å². The maximum absolute atomic E-state index is 11.2. The average molecular weight is 583 g/mol. The molecule has 8 heteroatoms. The van der Waals surface area contributed by atoms with E-state index >= 15 is 0 Å². The average Bonchev–Trinajstić information content (AvgIpc) is 3.44. The summed E-state index contributed by atoms with van der Waals surface area (Å²) in [4.78, 5) is 22.2. The van der Waals surface area contributed by atoms with Crippen LogP contribution in [-0.4, -0.2) is 57.2 Å². The number of carboxylic acids is 2. The zero-order valence-corrected chi connectivity index (χ0v) is 25.4. The molecular formula is C31H50O6S2. The SMILES string of the molecule is CCCCCCCCCCCCOc1c(C2CCCC2)cccc1C(SCCC(=O)O)C(O)CSCC(=O)O. The third-order valence-corrected chi connectivity index (χ3v) is 9.79. The topological polar surface area (TPSA) is 104 Å². The van der Waals surface area contributed by atoms with Crippen molar-refractivity contribution in [1.29, 1.82) is 0 Å². The predicted octanol–water partition coefficient (Wildman–Crippen LogP) is 8.07. The van der Waals surface area contributed by atoms with Gasteiger partial charge >= 0.3 is 11.9 Å². The van der Waals surface area contributed by atoms with E-state index in [0.29, 0.717) is 18.3 Å². The maximum atomic E-state index is 11.2. The molecule has 1 saturated carbocycles. The molecule has 1 aromatic carbocycles. The van der Waals surface area contributed by atoms with Crippen LogP contribution in [0.25, 0.3) is 0 Å². The van der Waals surface area contributed by atoms with E-state index < -0.39 is 18.0 Å². The first-order valence-electron chi connectivity index (χ1n) is 15.0. The minimum absolute atomic E-state index is 0.00721. The molecule has 1 aliphatic carbocycles. The smallest absolute Gasteiger partial charge is 0.313 e. The number of carboxylic acid groups (broad SMARTS) is 2. The molecule has 2 atom stereocenters. The van der Waals surface area contributed by atoms with E-state index in [1.807, 2.05) is 12.1 Å². The van der Waals surface area contributed by atoms with Gasteiger partial charge in [0.05, 0.1) is 30.1 Å². The summed E-state index contributed by atoms with van der Waals surface area (Å²) in [5.74, 6) is 0.0770. The summed E-state index contributed by atoms with van der Waals surface area (Å²) >= 11 is 2.61. The molecule has 3 N–H and O–H groups in total. The second kappa shape index (κ2) is 20.5. The van der Waals surface area contributed by atoms with Gasteiger partial charge in [-0.15, -0.1) is 11.8 Å². The van der Waals surface area contributed by atoms with Gasteiger partial charge in [-0.3, -0.25) is 9.59 Å². The van der Waals surface area contributed by atoms with Crippen LogP contribution in [0, 0.1) is 0 Å². The second-order valence-corrected chi connectivity index (χ2v) is 13.0. The Labute approximate surface area is 244 Å². The molecule has 0 radical (unpaired) electrons. The number of para-hydroxylation sites is 1. The van der Waals surface area contributed by atoms with Crippen LogP contribution in [0.3, 0.4) is 0 Å². The van der Waals surface area contributed by atoms with Crippen LogP contribution >= 0.6 is 23.5 Å². The van der Waals surface area contributed by atoms with Crippen LogP contribution in [0.4, 0.5) is 0 Å². The van der Waals surface area contributed by atoms with E-state index in [9.17, 15) is 19.8 Å². The zero-order chi connectivity index (χ0) is 28.3. The van der Waals surface area contributed by atoms with E-state index in [4.69, 9.17) is 9.84 Å². The van der Waals surface area contributed by atoms with E-state index in [-0.39, 0.29) is 23.2 Å². The van der Waals surface area contributed by atoms with E-state index in [2.05, 4.69) is 13.0 Å². The van der Waals surface area contributed by atoms with Crippen LogP contribution in [0.1, 0.15) is 126 Å². The van der Waals surface area contributed by atoms with Crippen molar-refractivity contribution in [3.8, 4) is 5.75 Å². The van der Waals surface area contributed by atoms with Crippen molar-refractivity contribution >= 4 is 35.5 Å². The summed E-state index contributed by atoms with van der Waals surface area (Å²) in [6.45, 7) is 2.88. The number of benzene rings is 1. The number of ether oxygens (including phenoxy) is 1. The van der Waals surface area contributed by atoms with Crippen molar-refractivity contribution in [2.45, 2.75) is 121 Å². The Kier molecular flexibility index (Phi) is 17.8. The molecule has 222 valence electrons. The summed E-state index contributed by atoms with van der Waals surface area (Å²) in [6.07, 6.45) is 16.5.